The molecule has 0 heterocycles. The topological polar surface area (TPSA) is 240 Å². The molecule has 0 unspecified atom stereocenters. The van der Waals surface area contributed by atoms with Crippen LogP contribution in [0.15, 0.2) is 0 Å². The van der Waals surface area contributed by atoms with Crippen molar-refractivity contribution in [3.05, 3.63) is 0 Å². The number of Topliss-reactive ketones (excluding diaryl/α,β-unsaturated/α-hetero) is 3. The molecule has 0 aromatic heterocycles. The van der Waals surface area contributed by atoms with Crippen LogP contribution >= 0.6 is 0 Å². The number of hydrogen-bond acceptors (Lipinski definition) is 13. The Balaban J connectivity index is -0.0000000750. The van der Waals surface area contributed by atoms with Gasteiger partial charge in [0.1, 0.15) is 34.2 Å². The van der Waals surface area contributed by atoms with Crippen LogP contribution in [0.1, 0.15) is 229 Å². The number of ether oxygens (including phenoxy) is 3. The van der Waals surface area contributed by atoms with Crippen LogP contribution in [0.5, 0.6) is 0 Å². The third-order valence-corrected chi connectivity index (χ3v) is 5.56. The Hall–Kier alpha value is -3.88. The first-order valence-corrected chi connectivity index (χ1v) is 21.3. The average Bonchev–Trinajstić information content (AvgIpc) is 3.10. The first-order valence-electron chi connectivity index (χ1n) is 21.3. The van der Waals surface area contributed by atoms with Crippen molar-refractivity contribution in [2.45, 2.75) is 245 Å². The highest BCUT2D eigenvalue weighted by molar-refractivity contribution is 5.79. The molecule has 0 aromatic carbocycles. The van der Waals surface area contributed by atoms with Crippen molar-refractivity contribution in [1.82, 2.24) is 0 Å². The van der Waals surface area contributed by atoms with E-state index in [2.05, 4.69) is 36.2 Å². The van der Waals surface area contributed by atoms with Crippen molar-refractivity contribution in [3.8, 4) is 0 Å². The fourth-order valence-electron chi connectivity index (χ4n) is 2.87. The summed E-state index contributed by atoms with van der Waals surface area (Å²) in [5.41, 5.74) is -1.28. The predicted molar refractivity (Wildman–Crippen MR) is 241 cm³/mol. The van der Waals surface area contributed by atoms with Gasteiger partial charge in [-0.05, 0) is 81.6 Å². The van der Waals surface area contributed by atoms with Crippen LogP contribution in [0.4, 0.5) is 4.79 Å². The fourth-order valence-corrected chi connectivity index (χ4v) is 2.87. The summed E-state index contributed by atoms with van der Waals surface area (Å²) < 4.78 is 14.7. The molecule has 0 saturated heterocycles. The van der Waals surface area contributed by atoms with Gasteiger partial charge in [-0.3, -0.25) is 33.6 Å². The van der Waals surface area contributed by atoms with Crippen LogP contribution in [-0.4, -0.2) is 74.4 Å². The van der Waals surface area contributed by atoms with E-state index in [-0.39, 0.29) is 31.2 Å². The summed E-state index contributed by atoms with van der Waals surface area (Å²) >= 11 is 0. The van der Waals surface area contributed by atoms with Gasteiger partial charge in [-0.25, -0.2) is 4.79 Å². The van der Waals surface area contributed by atoms with Crippen molar-refractivity contribution in [3.63, 3.8) is 0 Å². The number of carbonyl (C=O) groups excluding carboxylic acids is 6. The molecule has 0 atom stereocenters. The number of carboxylic acid groups (broad SMARTS) is 2. The number of ketones is 3. The Morgan fingerprint density at radius 1 is 0.467 bits per heavy atom. The molecule has 0 aliphatic carbocycles. The second kappa shape index (κ2) is 49.5. The largest absolute Gasteiger partial charge is 1.00 e. The highest BCUT2D eigenvalue weighted by Crippen LogP contribution is 2.11. The lowest BCUT2D eigenvalue weighted by Gasteiger charge is -2.19. The van der Waals surface area contributed by atoms with Gasteiger partial charge in [-0.15, -0.1) is 0 Å². The smallest absolute Gasteiger partial charge is 0.481 e. The summed E-state index contributed by atoms with van der Waals surface area (Å²) in [5.74, 6) is 3.55. The minimum atomic E-state index is -0.859. The molecule has 4 N–H and O–H groups in total. The average molecular weight is 871 g/mol. The maximum absolute atomic E-state index is 11.2. The molecule has 60 heavy (non-hydrogen) atoms. The number of carbonyl (C=O) groups is 8. The van der Waals surface area contributed by atoms with E-state index in [4.69, 9.17) is 24.5 Å². The van der Waals surface area contributed by atoms with Crippen LogP contribution in [0.3, 0.4) is 0 Å². The van der Waals surface area contributed by atoms with Crippen LogP contribution in [0.2, 0.25) is 0 Å². The van der Waals surface area contributed by atoms with Gasteiger partial charge < -0.3 is 29.3 Å². The van der Waals surface area contributed by atoms with Gasteiger partial charge in [0, 0.05) is 64.7 Å². The summed E-state index contributed by atoms with van der Waals surface area (Å²) in [7, 11) is 0. The van der Waals surface area contributed by atoms with Gasteiger partial charge in [0.2, 0.25) is 0 Å². The van der Waals surface area contributed by atoms with E-state index < -0.39 is 29.3 Å². The first-order chi connectivity index (χ1) is 27.3. The van der Waals surface area contributed by atoms with Gasteiger partial charge in [-0.2, -0.15) is 5.90 Å². The van der Waals surface area contributed by atoms with Gasteiger partial charge in [-0.1, -0.05) is 81.6 Å². The SMILES string of the molecule is CC(=O)O.CC(C)(C)OC(=O)ON.CCC.CCC(=O)CC.CCC(=O)CCCC(=O)OC(C)(C)C.CCC(=O)O.CCCC(=O)OC(C)(C)C.CCCCCC(=O)CC.[H+]. The minimum absolute atomic E-state index is 0. The van der Waals surface area contributed by atoms with Crippen LogP contribution in [-0.2, 0) is 52.6 Å². The molecular formula is C45H92NO14+. The van der Waals surface area contributed by atoms with E-state index in [1.165, 1.54) is 19.3 Å². The molecule has 15 nitrogen and oxygen atoms in total. The van der Waals surface area contributed by atoms with E-state index in [9.17, 15) is 33.6 Å². The van der Waals surface area contributed by atoms with Gasteiger partial charge >= 0.3 is 25.5 Å². The van der Waals surface area contributed by atoms with Gasteiger partial charge in [0.15, 0.2) is 0 Å². The Labute approximate surface area is 366 Å². The molecule has 0 aliphatic rings. The Kier molecular flexibility index (Phi) is 60.7. The predicted octanol–water partition coefficient (Wildman–Crippen LogP) is 11.4. The zero-order chi connectivity index (χ0) is 49.6. The molecule has 15 heteroatoms. The van der Waals surface area contributed by atoms with Crippen molar-refractivity contribution < 1.29 is 69.0 Å². The molecule has 360 valence electrons. The maximum atomic E-state index is 11.2. The van der Waals surface area contributed by atoms with E-state index in [1.807, 2.05) is 76.2 Å². The minimum Gasteiger partial charge on any atom is -0.481 e. The Morgan fingerprint density at radius 2 is 0.767 bits per heavy atom. The zero-order valence-electron chi connectivity index (χ0n) is 42.5. The standard InChI is InChI=1S/C11H20O3.C8H16O2.C8H16O.C5H11NO3.C5H10O.C3H6O2.C3H8.C2H4O2/c1-5-9(12)7-6-8-10(13)14-11(2,3)4;1-5-6-7(9)10-8(2,3)4;1-3-5-6-7-8(9)4-2;1-5(2,3)8-4(7)9-6;1-3-5(6)4-2;1-2-3(4)5;1-3-2;1-2(3)4/h5-8H2,1-4H3;5-6H2,1-4H3;3-7H2,1-2H3;6H2,1-3H3;3-4H2,1-2H3;2H2,1H3,(H,4,5);3H2,1-2H3;1H3,(H,3,4)/p+1. The Bertz CT molecular complexity index is 1080. The molecule has 0 aliphatic heterocycles. The van der Waals surface area contributed by atoms with Crippen LogP contribution in [0.25, 0.3) is 0 Å². The van der Waals surface area contributed by atoms with Crippen LogP contribution < -0.4 is 5.90 Å². The number of hydrogen-bond donors (Lipinski definition) is 3. The summed E-state index contributed by atoms with van der Waals surface area (Å²) in [6.45, 7) is 34.9. The lowest BCUT2D eigenvalue weighted by molar-refractivity contribution is -0.156. The van der Waals surface area contributed by atoms with Crippen LogP contribution in [0, 0.1) is 0 Å². The fraction of sp³-hybridized carbons (Fsp3) is 0.822. The number of esters is 2. The van der Waals surface area contributed by atoms with Gasteiger partial charge in [0.25, 0.3) is 5.97 Å². The van der Waals surface area contributed by atoms with E-state index in [0.717, 1.165) is 26.2 Å². The summed E-state index contributed by atoms with van der Waals surface area (Å²) in [6.07, 6.45) is 10.3. The summed E-state index contributed by atoms with van der Waals surface area (Å²) in [5, 5.41) is 15.1. The van der Waals surface area contributed by atoms with Crippen molar-refractivity contribution in [2.75, 3.05) is 0 Å². The lowest BCUT2D eigenvalue weighted by atomic mass is 10.1. The summed E-state index contributed by atoms with van der Waals surface area (Å²) in [6, 6.07) is 0. The molecule has 0 spiro atoms. The first kappa shape index (κ1) is 73.6. The number of carboxylic acids is 2. The Morgan fingerprint density at radius 3 is 0.967 bits per heavy atom. The number of nitrogens with two attached hydrogens (primary N) is 1. The molecule has 0 rings (SSSR count). The third kappa shape index (κ3) is 111. The molecule has 0 aromatic rings. The second-order valence-corrected chi connectivity index (χ2v) is 15.8. The number of unbranched alkanes of at least 4 members (excludes halogenated alkanes) is 2. The highest BCUT2D eigenvalue weighted by Gasteiger charge is 2.17. The summed E-state index contributed by atoms with van der Waals surface area (Å²) in [4.78, 5) is 86.2. The van der Waals surface area contributed by atoms with E-state index in [1.54, 1.807) is 27.7 Å². The molecule has 0 saturated carbocycles. The number of aliphatic carboxylic acids is 2. The normalized spacial score (nSPS) is 9.67. The molecular weight excluding hydrogens is 778 g/mol. The van der Waals surface area contributed by atoms with Gasteiger partial charge in [0.05, 0.1) is 0 Å². The molecule has 0 radical (unpaired) electrons. The molecule has 0 fully saturated rings. The number of rotatable bonds is 15. The monoisotopic (exact) mass is 871 g/mol. The van der Waals surface area contributed by atoms with Crippen molar-refractivity contribution >= 4 is 47.4 Å². The maximum Gasteiger partial charge on any atom is 1.00 e. The quantitative estimate of drug-likeness (QED) is 0.0600. The third-order valence-electron chi connectivity index (χ3n) is 5.56. The second-order valence-electron chi connectivity index (χ2n) is 15.8. The van der Waals surface area contributed by atoms with Crippen molar-refractivity contribution in [1.29, 1.82) is 0 Å². The van der Waals surface area contributed by atoms with Crippen molar-refractivity contribution in [2.24, 2.45) is 5.90 Å². The molecule has 0 bridgehead atoms. The van der Waals surface area contributed by atoms with E-state index >= 15 is 0 Å². The molecule has 0 amide bonds. The van der Waals surface area contributed by atoms with E-state index in [0.29, 0.717) is 62.9 Å². The lowest BCUT2D eigenvalue weighted by Crippen LogP contribution is -2.25. The highest BCUT2D eigenvalue weighted by atomic mass is 16.8. The zero-order valence-corrected chi connectivity index (χ0v) is 41.5.